The van der Waals surface area contributed by atoms with Gasteiger partial charge in [0, 0.05) is 12.1 Å². The lowest BCUT2D eigenvalue weighted by molar-refractivity contribution is -0.125. The molecule has 5 heteroatoms. The van der Waals surface area contributed by atoms with Gasteiger partial charge in [0.2, 0.25) is 5.91 Å². The Kier molecular flexibility index (Phi) is 4.76. The summed E-state index contributed by atoms with van der Waals surface area (Å²) < 4.78 is 14.9. The van der Waals surface area contributed by atoms with E-state index in [-0.39, 0.29) is 18.3 Å². The average molecular weight is 382 g/mol. The van der Waals surface area contributed by atoms with Crippen LogP contribution in [0.2, 0.25) is 0 Å². The Morgan fingerprint density at radius 3 is 2.39 bits per heavy atom. The van der Waals surface area contributed by atoms with E-state index in [4.69, 9.17) is 0 Å². The zero-order valence-electron chi connectivity index (χ0n) is 16.5. The molecule has 0 unspecified atom stereocenters. The molecule has 2 heterocycles. The van der Waals surface area contributed by atoms with Gasteiger partial charge in [0.1, 0.15) is 5.82 Å². The van der Waals surface area contributed by atoms with Gasteiger partial charge in [-0.15, -0.1) is 0 Å². The summed E-state index contributed by atoms with van der Waals surface area (Å²) in [6.07, 6.45) is 1.18. The van der Waals surface area contributed by atoms with Gasteiger partial charge in [-0.1, -0.05) is 36.4 Å². The molecule has 1 fully saturated rings. The molecule has 0 bridgehead atoms. The molecule has 2 aromatic carbocycles. The van der Waals surface area contributed by atoms with Crippen LogP contribution in [0.1, 0.15) is 37.8 Å². The van der Waals surface area contributed by atoms with Crippen LogP contribution in [-0.2, 0) is 16.8 Å². The topological polar surface area (TPSA) is 43.8 Å². The Morgan fingerprint density at radius 1 is 1.07 bits per heavy atom. The number of nitrogens with zero attached hydrogens (tertiary/aromatic N) is 2. The lowest BCUT2D eigenvalue weighted by atomic mass is 9.73. The number of aliphatic hydroxyl groups is 1. The van der Waals surface area contributed by atoms with Crippen LogP contribution in [0.15, 0.2) is 48.5 Å². The molecule has 2 aliphatic rings. The predicted molar refractivity (Wildman–Crippen MR) is 108 cm³/mol. The van der Waals surface area contributed by atoms with Crippen LogP contribution in [-0.4, -0.2) is 41.1 Å². The Labute approximate surface area is 165 Å². The number of rotatable bonds is 4. The van der Waals surface area contributed by atoms with Crippen molar-refractivity contribution < 1.29 is 14.3 Å². The van der Waals surface area contributed by atoms with Gasteiger partial charge < -0.3 is 10.0 Å². The third-order valence-corrected chi connectivity index (χ3v) is 5.92. The molecule has 148 valence electrons. The SMILES string of the molecule is CC(C)(O)CN1C(=O)C2(CCN(Cc3ccccc3)CC2)c2c(F)cccc21. The van der Waals surface area contributed by atoms with Gasteiger partial charge >= 0.3 is 0 Å². The number of amides is 1. The van der Waals surface area contributed by atoms with Crippen LogP contribution < -0.4 is 4.90 Å². The minimum atomic E-state index is -1.04. The minimum absolute atomic E-state index is 0.0749. The van der Waals surface area contributed by atoms with Gasteiger partial charge in [0.05, 0.1) is 23.2 Å². The maximum atomic E-state index is 14.9. The standard InChI is InChI=1S/C23H27FN2O2/c1-22(2,28)16-26-19-10-6-9-18(24)20(19)23(21(26)27)11-13-25(14-12-23)15-17-7-4-3-5-8-17/h3-10,28H,11-16H2,1-2H3. The van der Waals surface area contributed by atoms with Crippen molar-refractivity contribution in [2.45, 2.75) is 44.2 Å². The first-order chi connectivity index (χ1) is 13.3. The Balaban J connectivity index is 1.60. The molecule has 1 saturated heterocycles. The van der Waals surface area contributed by atoms with Crippen molar-refractivity contribution in [2.24, 2.45) is 0 Å². The first kappa shape index (κ1) is 19.1. The van der Waals surface area contributed by atoms with Gasteiger partial charge in [0.15, 0.2) is 0 Å². The van der Waals surface area contributed by atoms with Gasteiger partial charge in [-0.05, 0) is 57.5 Å². The van der Waals surface area contributed by atoms with Crippen molar-refractivity contribution in [3.05, 3.63) is 65.5 Å². The molecular weight excluding hydrogens is 355 g/mol. The minimum Gasteiger partial charge on any atom is -0.389 e. The summed E-state index contributed by atoms with van der Waals surface area (Å²) in [5.41, 5.74) is 0.511. The molecule has 1 N–H and O–H groups in total. The number of carbonyl (C=O) groups is 1. The summed E-state index contributed by atoms with van der Waals surface area (Å²) >= 11 is 0. The van der Waals surface area contributed by atoms with E-state index in [9.17, 15) is 14.3 Å². The number of hydrogen-bond donors (Lipinski definition) is 1. The molecule has 0 aromatic heterocycles. The van der Waals surface area contributed by atoms with Crippen molar-refractivity contribution in [1.29, 1.82) is 0 Å². The monoisotopic (exact) mass is 382 g/mol. The quantitative estimate of drug-likeness (QED) is 0.881. The molecule has 4 nitrogen and oxygen atoms in total. The third-order valence-electron chi connectivity index (χ3n) is 5.92. The summed E-state index contributed by atoms with van der Waals surface area (Å²) in [6.45, 7) is 5.83. The summed E-state index contributed by atoms with van der Waals surface area (Å²) in [7, 11) is 0. The zero-order chi connectivity index (χ0) is 19.9. The van der Waals surface area contributed by atoms with Crippen LogP contribution in [0.4, 0.5) is 10.1 Å². The maximum Gasteiger partial charge on any atom is 0.238 e. The molecule has 0 atom stereocenters. The highest BCUT2D eigenvalue weighted by molar-refractivity contribution is 6.08. The molecule has 2 aliphatic heterocycles. The average Bonchev–Trinajstić information content (AvgIpc) is 2.87. The molecule has 1 amide bonds. The summed E-state index contributed by atoms with van der Waals surface area (Å²) in [6, 6.07) is 15.1. The Bertz CT molecular complexity index is 868. The predicted octanol–water partition coefficient (Wildman–Crippen LogP) is 3.48. The zero-order valence-corrected chi connectivity index (χ0v) is 16.5. The molecule has 28 heavy (non-hydrogen) atoms. The fourth-order valence-electron chi connectivity index (χ4n) is 4.63. The summed E-state index contributed by atoms with van der Waals surface area (Å²) in [5.74, 6) is -0.394. The number of β-amino-alcohol motifs (C(OH)–C–C–N with tert-alkyl or cyclic N) is 1. The molecule has 0 aliphatic carbocycles. The number of halogens is 1. The van der Waals surface area contributed by atoms with Crippen molar-refractivity contribution in [3.63, 3.8) is 0 Å². The number of hydrogen-bond acceptors (Lipinski definition) is 3. The van der Waals surface area contributed by atoms with E-state index in [0.717, 1.165) is 19.6 Å². The normalized spacial score (nSPS) is 19.3. The highest BCUT2D eigenvalue weighted by Gasteiger charge is 2.54. The number of fused-ring (bicyclic) bond motifs is 2. The van der Waals surface area contributed by atoms with Crippen molar-refractivity contribution >= 4 is 11.6 Å². The van der Waals surface area contributed by atoms with Gasteiger partial charge in [-0.3, -0.25) is 9.69 Å². The van der Waals surface area contributed by atoms with Crippen molar-refractivity contribution in [2.75, 3.05) is 24.5 Å². The molecule has 0 saturated carbocycles. The smallest absolute Gasteiger partial charge is 0.238 e. The van der Waals surface area contributed by atoms with Crippen LogP contribution in [0.5, 0.6) is 0 Å². The lowest BCUT2D eigenvalue weighted by Crippen LogP contribution is -2.50. The lowest BCUT2D eigenvalue weighted by Gasteiger charge is -2.39. The Hall–Kier alpha value is -2.24. The Morgan fingerprint density at radius 2 is 1.75 bits per heavy atom. The molecule has 1 spiro atoms. The second kappa shape index (κ2) is 6.98. The second-order valence-corrected chi connectivity index (χ2v) is 8.68. The molecule has 4 rings (SSSR count). The number of anilines is 1. The van der Waals surface area contributed by atoms with Gasteiger partial charge in [-0.25, -0.2) is 4.39 Å². The van der Waals surface area contributed by atoms with Crippen LogP contribution >= 0.6 is 0 Å². The van der Waals surface area contributed by atoms with Crippen LogP contribution in [0.3, 0.4) is 0 Å². The maximum absolute atomic E-state index is 14.9. The van der Waals surface area contributed by atoms with E-state index in [1.165, 1.54) is 11.6 Å². The highest BCUT2D eigenvalue weighted by Crippen LogP contribution is 2.49. The van der Waals surface area contributed by atoms with E-state index in [1.54, 1.807) is 30.9 Å². The fourth-order valence-corrected chi connectivity index (χ4v) is 4.63. The fraction of sp³-hybridized carbons (Fsp3) is 0.435. The third kappa shape index (κ3) is 3.33. The van der Waals surface area contributed by atoms with E-state index < -0.39 is 11.0 Å². The van der Waals surface area contributed by atoms with E-state index >= 15 is 0 Å². The van der Waals surface area contributed by atoms with Crippen molar-refractivity contribution in [1.82, 2.24) is 4.90 Å². The van der Waals surface area contributed by atoms with Crippen molar-refractivity contribution in [3.8, 4) is 0 Å². The van der Waals surface area contributed by atoms with E-state index in [2.05, 4.69) is 17.0 Å². The molecule has 0 radical (unpaired) electrons. The highest BCUT2D eigenvalue weighted by atomic mass is 19.1. The van der Waals surface area contributed by atoms with Crippen LogP contribution in [0, 0.1) is 5.82 Å². The molecular formula is C23H27FN2O2. The second-order valence-electron chi connectivity index (χ2n) is 8.68. The number of benzene rings is 2. The number of piperidine rings is 1. The van der Waals surface area contributed by atoms with Crippen LogP contribution in [0.25, 0.3) is 0 Å². The van der Waals surface area contributed by atoms with Gasteiger partial charge in [-0.2, -0.15) is 0 Å². The van der Waals surface area contributed by atoms with E-state index in [0.29, 0.717) is 24.1 Å². The summed E-state index contributed by atoms with van der Waals surface area (Å²) in [5, 5.41) is 10.3. The van der Waals surface area contributed by atoms with Gasteiger partial charge in [0.25, 0.3) is 0 Å². The van der Waals surface area contributed by atoms with E-state index in [1.807, 2.05) is 18.2 Å². The number of carbonyl (C=O) groups excluding carboxylic acids is 1. The number of likely N-dealkylation sites (tertiary alicyclic amines) is 1. The largest absolute Gasteiger partial charge is 0.389 e. The first-order valence-corrected chi connectivity index (χ1v) is 9.90. The summed E-state index contributed by atoms with van der Waals surface area (Å²) in [4.78, 5) is 17.4. The first-order valence-electron chi connectivity index (χ1n) is 9.90. The molecule has 2 aromatic rings.